The molecular weight excluding hydrogens is 140 g/mol. The Kier molecular flexibility index (Phi) is 2.13. The quantitative estimate of drug-likeness (QED) is 0.616. The first-order chi connectivity index (χ1) is 5.11. The van der Waals surface area contributed by atoms with Crippen LogP contribution in [-0.4, -0.2) is 0 Å². The molecule has 0 bridgehead atoms. The number of aryl methyl sites for hydroxylation is 1. The Hall–Kier alpha value is -1.05. The first kappa shape index (κ1) is 8.05. The molecule has 0 fully saturated rings. The molecule has 0 N–H and O–H groups in total. The van der Waals surface area contributed by atoms with Crippen LogP contribution in [0, 0.1) is 6.92 Å². The maximum Gasteiger partial charge on any atom is 0.187 e. The summed E-state index contributed by atoms with van der Waals surface area (Å²) in [5, 5.41) is 0. The summed E-state index contributed by atoms with van der Waals surface area (Å²) in [6, 6.07) is 1.56. The summed E-state index contributed by atoms with van der Waals surface area (Å²) < 4.78 is 5.20. The van der Waals surface area contributed by atoms with E-state index in [1.807, 2.05) is 13.8 Å². The van der Waals surface area contributed by atoms with Crippen LogP contribution in [0.25, 0.3) is 0 Å². The predicted molar refractivity (Wildman–Crippen MR) is 43.8 cm³/mol. The maximum atomic E-state index is 11.1. The highest BCUT2D eigenvalue weighted by Crippen LogP contribution is 2.11. The molecule has 2 nitrogen and oxygen atoms in total. The SMILES string of the molecule is Cc1coc(C(C)C)cc1=O. The highest BCUT2D eigenvalue weighted by molar-refractivity contribution is 5.11. The molecule has 0 saturated carbocycles. The second kappa shape index (κ2) is 2.91. The van der Waals surface area contributed by atoms with Gasteiger partial charge in [0.05, 0.1) is 6.26 Å². The van der Waals surface area contributed by atoms with E-state index in [1.165, 1.54) is 6.26 Å². The number of hydrogen-bond acceptors (Lipinski definition) is 2. The third-order valence-electron chi connectivity index (χ3n) is 1.60. The van der Waals surface area contributed by atoms with E-state index in [0.29, 0.717) is 5.56 Å². The van der Waals surface area contributed by atoms with Crippen molar-refractivity contribution in [3.8, 4) is 0 Å². The zero-order valence-electron chi connectivity index (χ0n) is 7.05. The van der Waals surface area contributed by atoms with Gasteiger partial charge < -0.3 is 4.42 Å². The molecule has 1 heterocycles. The van der Waals surface area contributed by atoms with E-state index in [-0.39, 0.29) is 11.3 Å². The van der Waals surface area contributed by atoms with Crippen LogP contribution in [0.1, 0.15) is 31.1 Å². The number of rotatable bonds is 1. The molecule has 0 aromatic carbocycles. The minimum absolute atomic E-state index is 0.0555. The van der Waals surface area contributed by atoms with Gasteiger partial charge in [-0.05, 0) is 6.92 Å². The Morgan fingerprint density at radius 3 is 2.55 bits per heavy atom. The second-order valence-corrected chi connectivity index (χ2v) is 2.98. The lowest BCUT2D eigenvalue weighted by Crippen LogP contribution is -2.04. The van der Waals surface area contributed by atoms with Gasteiger partial charge in [-0.1, -0.05) is 13.8 Å². The third-order valence-corrected chi connectivity index (χ3v) is 1.60. The van der Waals surface area contributed by atoms with Crippen molar-refractivity contribution in [3.63, 3.8) is 0 Å². The predicted octanol–water partition coefficient (Wildman–Crippen LogP) is 2.07. The van der Waals surface area contributed by atoms with Crippen LogP contribution in [0.4, 0.5) is 0 Å². The van der Waals surface area contributed by atoms with Crippen LogP contribution in [-0.2, 0) is 0 Å². The fourth-order valence-electron chi connectivity index (χ4n) is 0.794. The van der Waals surface area contributed by atoms with Gasteiger partial charge in [0.25, 0.3) is 0 Å². The Morgan fingerprint density at radius 1 is 1.45 bits per heavy atom. The van der Waals surface area contributed by atoms with Crippen LogP contribution in [0.5, 0.6) is 0 Å². The summed E-state index contributed by atoms with van der Waals surface area (Å²) in [5.74, 6) is 1.03. The lowest BCUT2D eigenvalue weighted by molar-refractivity contribution is 0.465. The van der Waals surface area contributed by atoms with Crippen LogP contribution in [0.2, 0.25) is 0 Å². The molecule has 0 radical (unpaired) electrons. The Balaban J connectivity index is 3.16. The standard InChI is InChI=1S/C9H12O2/c1-6(2)9-4-8(10)7(3)5-11-9/h4-6H,1-3H3. The summed E-state index contributed by atoms with van der Waals surface area (Å²) in [7, 11) is 0. The van der Waals surface area contributed by atoms with Gasteiger partial charge in [0.1, 0.15) is 5.76 Å². The normalized spacial score (nSPS) is 10.5. The first-order valence-electron chi connectivity index (χ1n) is 3.70. The average molecular weight is 152 g/mol. The molecule has 0 atom stereocenters. The largest absolute Gasteiger partial charge is 0.469 e. The van der Waals surface area contributed by atoms with E-state index in [4.69, 9.17) is 4.42 Å². The van der Waals surface area contributed by atoms with E-state index < -0.39 is 0 Å². The summed E-state index contributed by atoms with van der Waals surface area (Å²) in [4.78, 5) is 11.1. The molecule has 11 heavy (non-hydrogen) atoms. The van der Waals surface area contributed by atoms with Gasteiger partial charge in [-0.25, -0.2) is 0 Å². The minimum atomic E-state index is 0.0555. The van der Waals surface area contributed by atoms with Gasteiger partial charge in [-0.15, -0.1) is 0 Å². The van der Waals surface area contributed by atoms with Crippen molar-refractivity contribution >= 4 is 0 Å². The summed E-state index contributed by atoms with van der Waals surface area (Å²) in [6.45, 7) is 5.73. The molecule has 1 rings (SSSR count). The summed E-state index contributed by atoms with van der Waals surface area (Å²) in [6.07, 6.45) is 1.51. The van der Waals surface area contributed by atoms with Crippen molar-refractivity contribution in [3.05, 3.63) is 33.9 Å². The first-order valence-corrected chi connectivity index (χ1v) is 3.70. The molecule has 0 aliphatic carbocycles. The van der Waals surface area contributed by atoms with Crippen LogP contribution >= 0.6 is 0 Å². The zero-order valence-corrected chi connectivity index (χ0v) is 7.05. The Labute approximate surface area is 65.9 Å². The van der Waals surface area contributed by atoms with E-state index >= 15 is 0 Å². The van der Waals surface area contributed by atoms with Crippen molar-refractivity contribution < 1.29 is 4.42 Å². The average Bonchev–Trinajstić information content (AvgIpc) is 1.94. The topological polar surface area (TPSA) is 30.2 Å². The molecular formula is C9H12O2. The fraction of sp³-hybridized carbons (Fsp3) is 0.444. The van der Waals surface area contributed by atoms with Crippen molar-refractivity contribution in [2.75, 3.05) is 0 Å². The van der Waals surface area contributed by atoms with Crippen molar-refractivity contribution in [2.45, 2.75) is 26.7 Å². The highest BCUT2D eigenvalue weighted by atomic mass is 16.3. The molecule has 0 unspecified atom stereocenters. The molecule has 0 saturated heterocycles. The zero-order chi connectivity index (χ0) is 8.43. The van der Waals surface area contributed by atoms with E-state index in [1.54, 1.807) is 13.0 Å². The Bertz CT molecular complexity index is 297. The molecule has 0 spiro atoms. The van der Waals surface area contributed by atoms with Gasteiger partial charge >= 0.3 is 0 Å². The summed E-state index contributed by atoms with van der Waals surface area (Å²) >= 11 is 0. The molecule has 1 aromatic heterocycles. The van der Waals surface area contributed by atoms with Gasteiger partial charge in [0.2, 0.25) is 0 Å². The van der Waals surface area contributed by atoms with Crippen LogP contribution in [0.3, 0.4) is 0 Å². The van der Waals surface area contributed by atoms with Crippen LogP contribution in [0.15, 0.2) is 21.5 Å². The van der Waals surface area contributed by atoms with Gasteiger partial charge in [-0.2, -0.15) is 0 Å². The number of hydrogen-bond donors (Lipinski definition) is 0. The third kappa shape index (κ3) is 1.70. The van der Waals surface area contributed by atoms with Crippen molar-refractivity contribution in [1.82, 2.24) is 0 Å². The molecule has 60 valence electrons. The molecule has 0 amide bonds. The smallest absolute Gasteiger partial charge is 0.187 e. The van der Waals surface area contributed by atoms with Crippen LogP contribution < -0.4 is 5.43 Å². The lowest BCUT2D eigenvalue weighted by Gasteiger charge is -2.01. The van der Waals surface area contributed by atoms with E-state index in [9.17, 15) is 4.79 Å². The molecule has 0 aliphatic rings. The highest BCUT2D eigenvalue weighted by Gasteiger charge is 2.02. The Morgan fingerprint density at radius 2 is 2.09 bits per heavy atom. The minimum Gasteiger partial charge on any atom is -0.469 e. The monoisotopic (exact) mass is 152 g/mol. The molecule has 1 aromatic rings. The van der Waals surface area contributed by atoms with Crippen molar-refractivity contribution in [1.29, 1.82) is 0 Å². The fourth-order valence-corrected chi connectivity index (χ4v) is 0.794. The van der Waals surface area contributed by atoms with Crippen molar-refractivity contribution in [2.24, 2.45) is 0 Å². The second-order valence-electron chi connectivity index (χ2n) is 2.98. The van der Waals surface area contributed by atoms with Gasteiger partial charge in [0.15, 0.2) is 5.43 Å². The molecule has 2 heteroatoms. The summed E-state index contributed by atoms with van der Waals surface area (Å²) in [5.41, 5.74) is 0.717. The van der Waals surface area contributed by atoms with E-state index in [0.717, 1.165) is 5.76 Å². The van der Waals surface area contributed by atoms with Gasteiger partial charge in [0, 0.05) is 17.5 Å². The van der Waals surface area contributed by atoms with Gasteiger partial charge in [-0.3, -0.25) is 4.79 Å². The van der Waals surface area contributed by atoms with E-state index in [2.05, 4.69) is 0 Å². The lowest BCUT2D eigenvalue weighted by atomic mass is 10.1. The molecule has 0 aliphatic heterocycles. The maximum absolute atomic E-state index is 11.1.